The lowest BCUT2D eigenvalue weighted by Gasteiger charge is -2.35. The van der Waals surface area contributed by atoms with Crippen LogP contribution in [-0.4, -0.2) is 59.5 Å². The Morgan fingerprint density at radius 1 is 0.784 bits per heavy atom. The molecule has 0 radical (unpaired) electrons. The molecule has 0 unspecified atom stereocenters. The van der Waals surface area contributed by atoms with E-state index in [1.807, 2.05) is 84.6 Å². The van der Waals surface area contributed by atoms with Crippen LogP contribution in [0, 0.1) is 6.92 Å². The summed E-state index contributed by atoms with van der Waals surface area (Å²) >= 11 is 6.13. The van der Waals surface area contributed by atoms with Crippen molar-refractivity contribution in [1.82, 2.24) is 14.4 Å². The highest BCUT2D eigenvalue weighted by molar-refractivity contribution is 6.30. The molecule has 0 aliphatic carbocycles. The summed E-state index contributed by atoms with van der Waals surface area (Å²) in [6.45, 7) is 3.87. The van der Waals surface area contributed by atoms with Gasteiger partial charge in [0.15, 0.2) is 0 Å². The number of aromatic nitrogens is 1. The van der Waals surface area contributed by atoms with Crippen molar-refractivity contribution >= 4 is 23.4 Å². The fraction of sp³-hybridized carbons (Fsp3) is 0.200. The Bertz CT molecular complexity index is 1420. The summed E-state index contributed by atoms with van der Waals surface area (Å²) in [6, 6.07) is 26.8. The first-order valence-electron chi connectivity index (χ1n) is 12.2. The number of carbonyl (C=O) groups is 2. The maximum atomic E-state index is 13.7. The maximum Gasteiger partial charge on any atom is 0.255 e. The number of methoxy groups -OCH3 is 1. The summed E-state index contributed by atoms with van der Waals surface area (Å²) in [5, 5.41) is 0.663. The van der Waals surface area contributed by atoms with E-state index < -0.39 is 0 Å². The van der Waals surface area contributed by atoms with Gasteiger partial charge in [-0.2, -0.15) is 0 Å². The lowest BCUT2D eigenvalue weighted by molar-refractivity contribution is 0.0535. The third-order valence-electron chi connectivity index (χ3n) is 6.80. The van der Waals surface area contributed by atoms with Gasteiger partial charge in [0.05, 0.1) is 18.4 Å². The second-order valence-corrected chi connectivity index (χ2v) is 9.46. The minimum absolute atomic E-state index is 0.0316. The number of nitrogens with zero attached hydrogens (tertiary/aromatic N) is 3. The van der Waals surface area contributed by atoms with Gasteiger partial charge >= 0.3 is 0 Å². The molecule has 0 atom stereocenters. The van der Waals surface area contributed by atoms with Crippen LogP contribution in [0.4, 0.5) is 0 Å². The molecule has 188 valence electrons. The molecule has 1 saturated heterocycles. The zero-order chi connectivity index (χ0) is 25.9. The van der Waals surface area contributed by atoms with Gasteiger partial charge in [0.1, 0.15) is 5.75 Å². The standard InChI is InChI=1S/C30H28ClN3O3/c1-21-27(20-28(22-11-13-24(31)14-12-22)34(21)25-8-4-3-5-9-25)30(36)33-17-15-32(16-18-33)29(35)23-7-6-10-26(19-23)37-2/h3-14,19-20H,15-18H2,1-2H3. The largest absolute Gasteiger partial charge is 0.497 e. The molecule has 4 aromatic rings. The molecule has 2 heterocycles. The predicted octanol–water partition coefficient (Wildman–Crippen LogP) is 5.71. The van der Waals surface area contributed by atoms with Gasteiger partial charge in [-0.05, 0) is 61.0 Å². The summed E-state index contributed by atoms with van der Waals surface area (Å²) in [4.78, 5) is 30.3. The Kier molecular flexibility index (Phi) is 7.01. The number of ether oxygens (including phenoxy) is 1. The van der Waals surface area contributed by atoms with E-state index in [1.165, 1.54) is 0 Å². The third-order valence-corrected chi connectivity index (χ3v) is 7.05. The Labute approximate surface area is 221 Å². The zero-order valence-electron chi connectivity index (χ0n) is 20.9. The fourth-order valence-electron chi connectivity index (χ4n) is 4.79. The number of hydrogen-bond donors (Lipinski definition) is 0. The third kappa shape index (κ3) is 4.98. The van der Waals surface area contributed by atoms with Gasteiger partial charge in [0, 0.05) is 48.1 Å². The number of benzene rings is 3. The van der Waals surface area contributed by atoms with E-state index in [0.717, 1.165) is 22.6 Å². The molecular weight excluding hydrogens is 486 g/mol. The average Bonchev–Trinajstić information content (AvgIpc) is 3.30. The SMILES string of the molecule is COc1cccc(C(=O)N2CCN(C(=O)c3cc(-c4ccc(Cl)cc4)n(-c4ccccc4)c3C)CC2)c1. The summed E-state index contributed by atoms with van der Waals surface area (Å²) in [6.07, 6.45) is 0. The van der Waals surface area contributed by atoms with Gasteiger partial charge in [0.25, 0.3) is 11.8 Å². The second kappa shape index (κ2) is 10.5. The summed E-state index contributed by atoms with van der Waals surface area (Å²) in [5.41, 5.74) is 5.00. The van der Waals surface area contributed by atoms with E-state index >= 15 is 0 Å². The quantitative estimate of drug-likeness (QED) is 0.343. The number of amides is 2. The van der Waals surface area contributed by atoms with Crippen LogP contribution in [0.1, 0.15) is 26.4 Å². The summed E-state index contributed by atoms with van der Waals surface area (Å²) < 4.78 is 7.36. The average molecular weight is 514 g/mol. The molecule has 2 amide bonds. The Hall–Kier alpha value is -4.03. The van der Waals surface area contributed by atoms with Crippen LogP contribution >= 0.6 is 11.6 Å². The molecule has 37 heavy (non-hydrogen) atoms. The number of carbonyl (C=O) groups excluding carboxylic acids is 2. The van der Waals surface area contributed by atoms with Crippen molar-refractivity contribution in [3.05, 3.63) is 107 Å². The predicted molar refractivity (Wildman–Crippen MR) is 146 cm³/mol. The molecular formula is C30H28ClN3O3. The van der Waals surface area contributed by atoms with Crippen LogP contribution in [0.15, 0.2) is 84.9 Å². The molecule has 7 heteroatoms. The van der Waals surface area contributed by atoms with Crippen molar-refractivity contribution in [2.24, 2.45) is 0 Å². The smallest absolute Gasteiger partial charge is 0.255 e. The van der Waals surface area contributed by atoms with Crippen molar-refractivity contribution < 1.29 is 14.3 Å². The first kappa shape index (κ1) is 24.7. The van der Waals surface area contributed by atoms with E-state index in [-0.39, 0.29) is 11.8 Å². The lowest BCUT2D eigenvalue weighted by Crippen LogP contribution is -2.50. The molecule has 0 spiro atoms. The van der Waals surface area contributed by atoms with Crippen molar-refractivity contribution in [2.45, 2.75) is 6.92 Å². The lowest BCUT2D eigenvalue weighted by atomic mass is 10.1. The Balaban J connectivity index is 1.39. The summed E-state index contributed by atoms with van der Waals surface area (Å²) in [5.74, 6) is 0.563. The molecule has 0 N–H and O–H groups in total. The van der Waals surface area contributed by atoms with Crippen molar-refractivity contribution in [3.63, 3.8) is 0 Å². The van der Waals surface area contributed by atoms with Crippen LogP contribution in [-0.2, 0) is 0 Å². The van der Waals surface area contributed by atoms with E-state index in [1.54, 1.807) is 24.1 Å². The van der Waals surface area contributed by atoms with Gasteiger partial charge in [-0.1, -0.05) is 48.0 Å². The van der Waals surface area contributed by atoms with Crippen LogP contribution in [0.3, 0.4) is 0 Å². The molecule has 1 fully saturated rings. The van der Waals surface area contributed by atoms with E-state index in [0.29, 0.717) is 48.1 Å². The van der Waals surface area contributed by atoms with Gasteiger partial charge in [-0.15, -0.1) is 0 Å². The van der Waals surface area contributed by atoms with Gasteiger partial charge in [-0.3, -0.25) is 9.59 Å². The van der Waals surface area contributed by atoms with Gasteiger partial charge in [0.2, 0.25) is 0 Å². The minimum atomic E-state index is -0.0533. The molecule has 3 aromatic carbocycles. The molecule has 1 aromatic heterocycles. The van der Waals surface area contributed by atoms with E-state index in [2.05, 4.69) is 4.57 Å². The first-order chi connectivity index (χ1) is 18.0. The van der Waals surface area contributed by atoms with Gasteiger partial charge < -0.3 is 19.1 Å². The number of halogens is 1. The molecule has 0 bridgehead atoms. The highest BCUT2D eigenvalue weighted by atomic mass is 35.5. The monoisotopic (exact) mass is 513 g/mol. The molecule has 1 aliphatic rings. The number of rotatable bonds is 5. The number of hydrogen-bond acceptors (Lipinski definition) is 3. The minimum Gasteiger partial charge on any atom is -0.497 e. The maximum absolute atomic E-state index is 13.7. The Morgan fingerprint density at radius 3 is 2.08 bits per heavy atom. The highest BCUT2D eigenvalue weighted by Gasteiger charge is 2.28. The normalized spacial score (nSPS) is 13.5. The first-order valence-corrected chi connectivity index (χ1v) is 12.6. The molecule has 5 rings (SSSR count). The Morgan fingerprint density at radius 2 is 1.43 bits per heavy atom. The zero-order valence-corrected chi connectivity index (χ0v) is 21.6. The van der Waals surface area contributed by atoms with Crippen molar-refractivity contribution in [2.75, 3.05) is 33.3 Å². The van der Waals surface area contributed by atoms with Crippen LogP contribution in [0.2, 0.25) is 5.02 Å². The number of para-hydroxylation sites is 1. The van der Waals surface area contributed by atoms with Gasteiger partial charge in [-0.25, -0.2) is 0 Å². The van der Waals surface area contributed by atoms with E-state index in [9.17, 15) is 9.59 Å². The van der Waals surface area contributed by atoms with E-state index in [4.69, 9.17) is 16.3 Å². The van der Waals surface area contributed by atoms with Crippen molar-refractivity contribution in [3.8, 4) is 22.7 Å². The summed E-state index contributed by atoms with van der Waals surface area (Å²) in [7, 11) is 1.58. The topological polar surface area (TPSA) is 54.8 Å². The second-order valence-electron chi connectivity index (χ2n) is 9.02. The van der Waals surface area contributed by atoms with Crippen LogP contribution in [0.5, 0.6) is 5.75 Å². The number of piperazine rings is 1. The van der Waals surface area contributed by atoms with Crippen molar-refractivity contribution in [1.29, 1.82) is 0 Å². The molecule has 6 nitrogen and oxygen atoms in total. The molecule has 1 aliphatic heterocycles. The van der Waals surface area contributed by atoms with Crippen LogP contribution < -0.4 is 4.74 Å². The molecule has 0 saturated carbocycles. The highest BCUT2D eigenvalue weighted by Crippen LogP contribution is 2.31. The fourth-order valence-corrected chi connectivity index (χ4v) is 4.91. The van der Waals surface area contributed by atoms with Crippen LogP contribution in [0.25, 0.3) is 16.9 Å².